The SMILES string of the molecule is CC(C)c1cc(C(N)=S)c2cccc(F)c2n1. The zero-order valence-electron chi connectivity index (χ0n) is 9.70. The zero-order valence-corrected chi connectivity index (χ0v) is 10.5. The van der Waals surface area contributed by atoms with Crippen molar-refractivity contribution in [1.82, 2.24) is 4.98 Å². The summed E-state index contributed by atoms with van der Waals surface area (Å²) in [4.78, 5) is 4.60. The van der Waals surface area contributed by atoms with Gasteiger partial charge in [-0.25, -0.2) is 9.37 Å². The molecule has 1 aromatic carbocycles. The van der Waals surface area contributed by atoms with Gasteiger partial charge in [0.15, 0.2) is 0 Å². The molecule has 2 aromatic rings. The second-order valence-electron chi connectivity index (χ2n) is 4.25. The van der Waals surface area contributed by atoms with Crippen LogP contribution in [0.4, 0.5) is 4.39 Å². The van der Waals surface area contributed by atoms with Crippen LogP contribution in [-0.2, 0) is 0 Å². The van der Waals surface area contributed by atoms with Crippen LogP contribution in [0.5, 0.6) is 0 Å². The minimum absolute atomic E-state index is 0.201. The van der Waals surface area contributed by atoms with Crippen LogP contribution in [0, 0.1) is 5.82 Å². The fraction of sp³-hybridized carbons (Fsp3) is 0.231. The molecule has 0 aliphatic rings. The molecule has 0 saturated heterocycles. The molecule has 0 radical (unpaired) electrons. The molecule has 0 saturated carbocycles. The number of aromatic nitrogens is 1. The summed E-state index contributed by atoms with van der Waals surface area (Å²) in [5, 5.41) is 0.668. The van der Waals surface area contributed by atoms with E-state index in [9.17, 15) is 4.39 Å². The normalized spacial score (nSPS) is 11.1. The molecule has 2 nitrogen and oxygen atoms in total. The number of fused-ring (bicyclic) bond motifs is 1. The summed E-state index contributed by atoms with van der Waals surface area (Å²) in [6.07, 6.45) is 0. The van der Waals surface area contributed by atoms with Crippen LogP contribution >= 0.6 is 12.2 Å². The van der Waals surface area contributed by atoms with Crippen LogP contribution in [-0.4, -0.2) is 9.97 Å². The quantitative estimate of drug-likeness (QED) is 0.830. The Morgan fingerprint density at radius 1 is 1.41 bits per heavy atom. The molecule has 1 aromatic heterocycles. The predicted molar refractivity (Wildman–Crippen MR) is 71.7 cm³/mol. The molecule has 88 valence electrons. The Labute approximate surface area is 105 Å². The van der Waals surface area contributed by atoms with E-state index in [0.717, 1.165) is 5.69 Å². The molecule has 2 N–H and O–H groups in total. The number of benzene rings is 1. The summed E-state index contributed by atoms with van der Waals surface area (Å²) in [7, 11) is 0. The van der Waals surface area contributed by atoms with Crippen molar-refractivity contribution < 1.29 is 4.39 Å². The standard InChI is InChI=1S/C13H13FN2S/c1-7(2)11-6-9(13(15)17)8-4-3-5-10(14)12(8)16-11/h3-7H,1-2H3,(H2,15,17). The van der Waals surface area contributed by atoms with Gasteiger partial charge in [0.25, 0.3) is 0 Å². The summed E-state index contributed by atoms with van der Waals surface area (Å²) in [6.45, 7) is 4.00. The van der Waals surface area contributed by atoms with E-state index in [1.165, 1.54) is 6.07 Å². The van der Waals surface area contributed by atoms with Gasteiger partial charge in [-0.3, -0.25) is 0 Å². The van der Waals surface area contributed by atoms with E-state index in [4.69, 9.17) is 18.0 Å². The van der Waals surface area contributed by atoms with Crippen molar-refractivity contribution >= 4 is 28.1 Å². The lowest BCUT2D eigenvalue weighted by molar-refractivity contribution is 0.635. The van der Waals surface area contributed by atoms with Crippen LogP contribution in [0.25, 0.3) is 10.9 Å². The van der Waals surface area contributed by atoms with Crippen molar-refractivity contribution in [2.24, 2.45) is 5.73 Å². The molecular formula is C13H13FN2S. The lowest BCUT2D eigenvalue weighted by atomic mass is 10.0. The Morgan fingerprint density at radius 3 is 2.71 bits per heavy atom. The first-order chi connectivity index (χ1) is 8.00. The lowest BCUT2D eigenvalue weighted by Crippen LogP contribution is -2.12. The zero-order chi connectivity index (χ0) is 12.6. The van der Waals surface area contributed by atoms with Crippen molar-refractivity contribution in [1.29, 1.82) is 0 Å². The third-order valence-electron chi connectivity index (χ3n) is 2.67. The molecule has 0 fully saturated rings. The average molecular weight is 248 g/mol. The van der Waals surface area contributed by atoms with Gasteiger partial charge in [-0.2, -0.15) is 0 Å². The molecule has 0 spiro atoms. The van der Waals surface area contributed by atoms with Crippen LogP contribution < -0.4 is 5.73 Å². The van der Waals surface area contributed by atoms with E-state index < -0.39 is 0 Å². The average Bonchev–Trinajstić information content (AvgIpc) is 2.28. The molecule has 17 heavy (non-hydrogen) atoms. The summed E-state index contributed by atoms with van der Waals surface area (Å²) in [5.41, 5.74) is 7.50. The van der Waals surface area contributed by atoms with Gasteiger partial charge in [-0.1, -0.05) is 38.2 Å². The molecule has 0 aliphatic heterocycles. The Bertz CT molecular complexity index is 593. The number of rotatable bonds is 2. The molecule has 0 aliphatic carbocycles. The Hall–Kier alpha value is -1.55. The highest BCUT2D eigenvalue weighted by atomic mass is 32.1. The monoisotopic (exact) mass is 248 g/mol. The minimum Gasteiger partial charge on any atom is -0.389 e. The fourth-order valence-electron chi connectivity index (χ4n) is 1.73. The van der Waals surface area contributed by atoms with Gasteiger partial charge in [0.2, 0.25) is 0 Å². The highest BCUT2D eigenvalue weighted by Gasteiger charge is 2.12. The number of halogens is 1. The first-order valence-corrected chi connectivity index (χ1v) is 5.80. The molecule has 0 bridgehead atoms. The third kappa shape index (κ3) is 2.13. The van der Waals surface area contributed by atoms with Crippen LogP contribution in [0.15, 0.2) is 24.3 Å². The molecule has 0 unspecified atom stereocenters. The maximum Gasteiger partial charge on any atom is 0.149 e. The van der Waals surface area contributed by atoms with Crippen molar-refractivity contribution in [2.75, 3.05) is 0 Å². The van der Waals surface area contributed by atoms with Gasteiger partial charge >= 0.3 is 0 Å². The summed E-state index contributed by atoms with van der Waals surface area (Å²) >= 11 is 5.01. The van der Waals surface area contributed by atoms with Gasteiger partial charge < -0.3 is 5.73 Å². The number of hydrogen-bond acceptors (Lipinski definition) is 2. The largest absolute Gasteiger partial charge is 0.389 e. The Kier molecular flexibility index (Phi) is 3.07. The summed E-state index contributed by atoms with van der Waals surface area (Å²) in [5.74, 6) is -0.144. The van der Waals surface area contributed by atoms with E-state index in [2.05, 4.69) is 4.98 Å². The maximum atomic E-state index is 13.7. The van der Waals surface area contributed by atoms with E-state index in [1.807, 2.05) is 19.9 Å². The molecule has 1 heterocycles. The van der Waals surface area contributed by atoms with Crippen LogP contribution in [0.1, 0.15) is 31.0 Å². The first kappa shape index (κ1) is 11.9. The third-order valence-corrected chi connectivity index (χ3v) is 2.89. The number of para-hydroxylation sites is 1. The van der Waals surface area contributed by atoms with Crippen LogP contribution in [0.3, 0.4) is 0 Å². The van der Waals surface area contributed by atoms with Crippen molar-refractivity contribution in [3.63, 3.8) is 0 Å². The maximum absolute atomic E-state index is 13.7. The van der Waals surface area contributed by atoms with E-state index in [1.54, 1.807) is 12.1 Å². The second-order valence-corrected chi connectivity index (χ2v) is 4.69. The number of nitrogens with zero attached hydrogens (tertiary/aromatic N) is 1. The van der Waals surface area contributed by atoms with E-state index >= 15 is 0 Å². The number of nitrogens with two attached hydrogens (primary N) is 1. The van der Waals surface area contributed by atoms with E-state index in [-0.39, 0.29) is 16.7 Å². The summed E-state index contributed by atoms with van der Waals surface area (Å²) in [6, 6.07) is 6.65. The lowest BCUT2D eigenvalue weighted by Gasteiger charge is -2.11. The summed E-state index contributed by atoms with van der Waals surface area (Å²) < 4.78 is 13.7. The second kappa shape index (κ2) is 4.37. The molecular weight excluding hydrogens is 235 g/mol. The van der Waals surface area contributed by atoms with Crippen molar-refractivity contribution in [3.05, 3.63) is 41.3 Å². The molecule has 2 rings (SSSR count). The van der Waals surface area contributed by atoms with Crippen molar-refractivity contribution in [2.45, 2.75) is 19.8 Å². The predicted octanol–water partition coefficient (Wildman–Crippen LogP) is 3.13. The fourth-order valence-corrected chi connectivity index (χ4v) is 1.90. The number of hydrogen-bond donors (Lipinski definition) is 1. The van der Waals surface area contributed by atoms with Crippen molar-refractivity contribution in [3.8, 4) is 0 Å². The van der Waals surface area contributed by atoms with Gasteiger partial charge in [0, 0.05) is 16.6 Å². The first-order valence-electron chi connectivity index (χ1n) is 5.39. The van der Waals surface area contributed by atoms with Crippen LogP contribution in [0.2, 0.25) is 0 Å². The van der Waals surface area contributed by atoms with Gasteiger partial charge in [-0.05, 0) is 18.1 Å². The highest BCUT2D eigenvalue weighted by Crippen LogP contribution is 2.24. The smallest absolute Gasteiger partial charge is 0.149 e. The van der Waals surface area contributed by atoms with E-state index in [0.29, 0.717) is 16.5 Å². The Morgan fingerprint density at radius 2 is 2.12 bits per heavy atom. The number of pyridine rings is 1. The number of thiocarbonyl (C=S) groups is 1. The minimum atomic E-state index is -0.345. The molecule has 4 heteroatoms. The molecule has 0 amide bonds. The highest BCUT2D eigenvalue weighted by molar-refractivity contribution is 7.80. The topological polar surface area (TPSA) is 38.9 Å². The van der Waals surface area contributed by atoms with Gasteiger partial charge in [-0.15, -0.1) is 0 Å². The van der Waals surface area contributed by atoms with Gasteiger partial charge in [0.05, 0.1) is 0 Å². The van der Waals surface area contributed by atoms with Gasteiger partial charge in [0.1, 0.15) is 16.3 Å². The Balaban J connectivity index is 2.86. The molecule has 0 atom stereocenters.